The van der Waals surface area contributed by atoms with Crippen LogP contribution in [0.25, 0.3) is 0 Å². The maximum atomic E-state index is 11.8. The first-order valence-electron chi connectivity index (χ1n) is 7.20. The predicted octanol–water partition coefficient (Wildman–Crippen LogP) is 2.20. The third-order valence-corrected chi connectivity index (χ3v) is 3.70. The van der Waals surface area contributed by atoms with Crippen molar-refractivity contribution in [2.45, 2.75) is 63.8 Å². The van der Waals surface area contributed by atoms with Gasteiger partial charge in [-0.3, -0.25) is 4.79 Å². The number of rotatable bonds is 7. The van der Waals surface area contributed by atoms with Crippen molar-refractivity contribution in [1.29, 1.82) is 0 Å². The van der Waals surface area contributed by atoms with Gasteiger partial charge in [0.25, 0.3) is 0 Å². The first kappa shape index (κ1) is 15.0. The Hall–Kier alpha value is -1.01. The molecular weight excluding hydrogens is 224 g/mol. The summed E-state index contributed by atoms with van der Waals surface area (Å²) in [6, 6.07) is -0.333. The Kier molecular flexibility index (Phi) is 7.52. The van der Waals surface area contributed by atoms with Gasteiger partial charge in [0.15, 0.2) is 0 Å². The van der Waals surface area contributed by atoms with E-state index in [1.54, 1.807) is 0 Å². The van der Waals surface area contributed by atoms with E-state index in [0.717, 1.165) is 25.7 Å². The van der Waals surface area contributed by atoms with Gasteiger partial charge in [-0.1, -0.05) is 32.1 Å². The van der Waals surface area contributed by atoms with Gasteiger partial charge in [-0.15, -0.1) is 12.3 Å². The van der Waals surface area contributed by atoms with E-state index in [1.807, 2.05) is 0 Å². The summed E-state index contributed by atoms with van der Waals surface area (Å²) in [5.74, 6) is 3.25. The van der Waals surface area contributed by atoms with E-state index in [2.05, 4.69) is 11.2 Å². The van der Waals surface area contributed by atoms with E-state index in [1.165, 1.54) is 32.1 Å². The Morgan fingerprint density at radius 1 is 1.33 bits per heavy atom. The SMILES string of the molecule is C#CCCCCNC(=O)C(N)CC1CCCCC1. The maximum Gasteiger partial charge on any atom is 0.236 e. The summed E-state index contributed by atoms with van der Waals surface area (Å²) < 4.78 is 0. The second-order valence-electron chi connectivity index (χ2n) is 5.30. The molecule has 0 heterocycles. The number of terminal acetylenes is 1. The van der Waals surface area contributed by atoms with E-state index in [0.29, 0.717) is 12.5 Å². The molecule has 1 atom stereocenters. The standard InChI is InChI=1S/C15H26N2O/c1-2-3-4-8-11-17-15(18)14(16)12-13-9-6-5-7-10-13/h1,13-14H,3-12,16H2,(H,17,18). The molecule has 1 aliphatic rings. The van der Waals surface area contributed by atoms with Crippen molar-refractivity contribution in [3.05, 3.63) is 0 Å². The fourth-order valence-corrected chi connectivity index (χ4v) is 2.58. The normalized spacial score (nSPS) is 18.0. The van der Waals surface area contributed by atoms with Crippen molar-refractivity contribution < 1.29 is 4.79 Å². The smallest absolute Gasteiger partial charge is 0.236 e. The van der Waals surface area contributed by atoms with Crippen LogP contribution in [0.1, 0.15) is 57.8 Å². The van der Waals surface area contributed by atoms with Gasteiger partial charge in [-0.05, 0) is 25.2 Å². The van der Waals surface area contributed by atoms with Crippen LogP contribution in [0.15, 0.2) is 0 Å². The molecular formula is C15H26N2O. The molecule has 102 valence electrons. The van der Waals surface area contributed by atoms with Crippen LogP contribution >= 0.6 is 0 Å². The molecule has 0 saturated heterocycles. The zero-order valence-corrected chi connectivity index (χ0v) is 11.3. The van der Waals surface area contributed by atoms with Crippen molar-refractivity contribution in [1.82, 2.24) is 5.32 Å². The molecule has 0 aromatic rings. The summed E-state index contributed by atoms with van der Waals surface area (Å²) >= 11 is 0. The van der Waals surface area contributed by atoms with Gasteiger partial charge >= 0.3 is 0 Å². The van der Waals surface area contributed by atoms with Gasteiger partial charge in [-0.2, -0.15) is 0 Å². The van der Waals surface area contributed by atoms with E-state index in [4.69, 9.17) is 12.2 Å². The zero-order chi connectivity index (χ0) is 13.2. The lowest BCUT2D eigenvalue weighted by Crippen LogP contribution is -2.42. The molecule has 1 amide bonds. The first-order chi connectivity index (χ1) is 8.74. The Bertz CT molecular complexity index is 277. The van der Waals surface area contributed by atoms with Gasteiger partial charge in [0.2, 0.25) is 5.91 Å². The van der Waals surface area contributed by atoms with Crippen LogP contribution in [0.5, 0.6) is 0 Å². The quantitative estimate of drug-likeness (QED) is 0.537. The number of carbonyl (C=O) groups excluding carboxylic acids is 1. The lowest BCUT2D eigenvalue weighted by atomic mass is 9.85. The van der Waals surface area contributed by atoms with Crippen LogP contribution in [0, 0.1) is 18.3 Å². The lowest BCUT2D eigenvalue weighted by Gasteiger charge is -2.24. The van der Waals surface area contributed by atoms with Crippen LogP contribution in [0.4, 0.5) is 0 Å². The van der Waals surface area contributed by atoms with Crippen molar-refractivity contribution in [2.75, 3.05) is 6.54 Å². The topological polar surface area (TPSA) is 55.1 Å². The van der Waals surface area contributed by atoms with Gasteiger partial charge in [0, 0.05) is 13.0 Å². The fourth-order valence-electron chi connectivity index (χ4n) is 2.58. The second kappa shape index (κ2) is 8.99. The van der Waals surface area contributed by atoms with E-state index in [-0.39, 0.29) is 11.9 Å². The summed E-state index contributed by atoms with van der Waals surface area (Å²) in [5, 5.41) is 2.90. The second-order valence-corrected chi connectivity index (χ2v) is 5.30. The molecule has 0 aromatic carbocycles. The zero-order valence-electron chi connectivity index (χ0n) is 11.3. The van der Waals surface area contributed by atoms with Crippen molar-refractivity contribution in [3.8, 4) is 12.3 Å². The largest absolute Gasteiger partial charge is 0.355 e. The maximum absolute atomic E-state index is 11.8. The molecule has 0 spiro atoms. The van der Waals surface area contributed by atoms with Crippen molar-refractivity contribution >= 4 is 5.91 Å². The Labute approximate surface area is 111 Å². The minimum Gasteiger partial charge on any atom is -0.355 e. The molecule has 3 nitrogen and oxygen atoms in total. The van der Waals surface area contributed by atoms with Gasteiger partial charge in [0.05, 0.1) is 6.04 Å². The summed E-state index contributed by atoms with van der Waals surface area (Å²) in [6.07, 6.45) is 15.1. The van der Waals surface area contributed by atoms with Crippen LogP contribution in [0.2, 0.25) is 0 Å². The number of nitrogens with two attached hydrogens (primary N) is 1. The lowest BCUT2D eigenvalue weighted by molar-refractivity contribution is -0.122. The molecule has 1 rings (SSSR count). The third-order valence-electron chi connectivity index (χ3n) is 3.70. The average molecular weight is 250 g/mol. The average Bonchev–Trinajstić information content (AvgIpc) is 2.39. The van der Waals surface area contributed by atoms with E-state index in [9.17, 15) is 4.79 Å². The highest BCUT2D eigenvalue weighted by Crippen LogP contribution is 2.26. The molecule has 0 radical (unpaired) electrons. The molecule has 1 aliphatic carbocycles. The monoisotopic (exact) mass is 250 g/mol. The molecule has 1 unspecified atom stereocenters. The van der Waals surface area contributed by atoms with E-state index < -0.39 is 0 Å². The molecule has 1 saturated carbocycles. The highest BCUT2D eigenvalue weighted by Gasteiger charge is 2.20. The molecule has 0 aliphatic heterocycles. The highest BCUT2D eigenvalue weighted by atomic mass is 16.2. The molecule has 3 N–H and O–H groups in total. The fraction of sp³-hybridized carbons (Fsp3) is 0.800. The van der Waals surface area contributed by atoms with Crippen molar-refractivity contribution in [3.63, 3.8) is 0 Å². The number of hydrogen-bond donors (Lipinski definition) is 2. The summed E-state index contributed by atoms with van der Waals surface area (Å²) in [5.41, 5.74) is 5.94. The van der Waals surface area contributed by atoms with Crippen molar-refractivity contribution in [2.24, 2.45) is 11.7 Å². The molecule has 0 aromatic heterocycles. The first-order valence-corrected chi connectivity index (χ1v) is 7.20. The molecule has 1 fully saturated rings. The number of amides is 1. The van der Waals surface area contributed by atoms with Crippen LogP contribution in [-0.2, 0) is 4.79 Å². The third kappa shape index (κ3) is 6.07. The number of nitrogens with one attached hydrogen (secondary N) is 1. The van der Waals surface area contributed by atoms with Gasteiger partial charge in [-0.25, -0.2) is 0 Å². The minimum absolute atomic E-state index is 0.00119. The van der Waals surface area contributed by atoms with Gasteiger partial charge in [0.1, 0.15) is 0 Å². The van der Waals surface area contributed by atoms with Crippen LogP contribution in [0.3, 0.4) is 0 Å². The Morgan fingerprint density at radius 2 is 2.06 bits per heavy atom. The minimum atomic E-state index is -0.333. The molecule has 18 heavy (non-hydrogen) atoms. The van der Waals surface area contributed by atoms with E-state index >= 15 is 0 Å². The number of unbranched alkanes of at least 4 members (excludes halogenated alkanes) is 2. The highest BCUT2D eigenvalue weighted by molar-refractivity contribution is 5.81. The Balaban J connectivity index is 2.10. The predicted molar refractivity (Wildman–Crippen MR) is 74.9 cm³/mol. The Morgan fingerprint density at radius 3 is 2.72 bits per heavy atom. The molecule has 3 heteroatoms. The number of hydrogen-bond acceptors (Lipinski definition) is 2. The number of carbonyl (C=O) groups is 1. The molecule has 0 bridgehead atoms. The summed E-state index contributed by atoms with van der Waals surface area (Å²) in [6.45, 7) is 0.693. The summed E-state index contributed by atoms with van der Waals surface area (Å²) in [7, 11) is 0. The van der Waals surface area contributed by atoms with Crippen LogP contribution < -0.4 is 11.1 Å². The van der Waals surface area contributed by atoms with Gasteiger partial charge < -0.3 is 11.1 Å². The summed E-state index contributed by atoms with van der Waals surface area (Å²) in [4.78, 5) is 11.8. The van der Waals surface area contributed by atoms with Crippen LogP contribution in [-0.4, -0.2) is 18.5 Å².